The topological polar surface area (TPSA) is 83.6 Å². The summed E-state index contributed by atoms with van der Waals surface area (Å²) in [6.45, 7) is 3.43. The van der Waals surface area contributed by atoms with Crippen molar-refractivity contribution in [3.8, 4) is 0 Å². The summed E-state index contributed by atoms with van der Waals surface area (Å²) in [6, 6.07) is 5.38. The number of aromatic nitrogens is 1. The molecule has 3 amide bonds. The smallest absolute Gasteiger partial charge is 0.409 e. The Labute approximate surface area is 130 Å². The number of aryl methyl sites for hydroxylation is 1. The Kier molecular flexibility index (Phi) is 5.57. The first-order valence-corrected chi connectivity index (χ1v) is 7.38. The fourth-order valence-corrected chi connectivity index (χ4v) is 2.50. The molecule has 1 aliphatic rings. The highest BCUT2D eigenvalue weighted by molar-refractivity contribution is 5.74. The van der Waals surface area contributed by atoms with E-state index in [9.17, 15) is 9.59 Å². The first-order valence-electron chi connectivity index (χ1n) is 7.38. The molecule has 0 saturated carbocycles. The van der Waals surface area contributed by atoms with E-state index in [-0.39, 0.29) is 18.2 Å². The van der Waals surface area contributed by atoms with Gasteiger partial charge in [-0.1, -0.05) is 6.07 Å². The molecule has 2 rings (SSSR count). The number of carbonyl (C=O) groups excluding carboxylic acids is 2. The highest BCUT2D eigenvalue weighted by atomic mass is 16.5. The van der Waals surface area contributed by atoms with Crippen LogP contribution < -0.4 is 10.6 Å². The molecule has 0 spiro atoms. The number of ether oxygens (including phenoxy) is 1. The molecule has 1 aromatic heterocycles. The summed E-state index contributed by atoms with van der Waals surface area (Å²) in [7, 11) is 1.36. The maximum atomic E-state index is 11.9. The molecule has 1 saturated heterocycles. The second-order valence-corrected chi connectivity index (χ2v) is 5.35. The predicted molar refractivity (Wildman–Crippen MR) is 81.3 cm³/mol. The van der Waals surface area contributed by atoms with Gasteiger partial charge in [0.25, 0.3) is 0 Å². The molecule has 7 nitrogen and oxygen atoms in total. The fourth-order valence-electron chi connectivity index (χ4n) is 2.50. The number of methoxy groups -OCH3 is 1. The van der Waals surface area contributed by atoms with Crippen molar-refractivity contribution in [3.05, 3.63) is 29.6 Å². The molecular weight excluding hydrogens is 284 g/mol. The third-order valence-corrected chi connectivity index (χ3v) is 3.57. The number of hydrogen-bond acceptors (Lipinski definition) is 4. The van der Waals surface area contributed by atoms with Gasteiger partial charge in [-0.15, -0.1) is 0 Å². The molecule has 0 aliphatic carbocycles. The lowest BCUT2D eigenvalue weighted by Gasteiger charge is -2.32. The number of rotatable bonds is 3. The number of nitrogens with one attached hydrogen (secondary N) is 2. The first-order chi connectivity index (χ1) is 10.6. The van der Waals surface area contributed by atoms with E-state index in [0.29, 0.717) is 19.6 Å². The number of nitrogens with zero attached hydrogens (tertiary/aromatic N) is 2. The van der Waals surface area contributed by atoms with E-state index in [4.69, 9.17) is 4.74 Å². The van der Waals surface area contributed by atoms with E-state index in [0.717, 1.165) is 24.2 Å². The van der Waals surface area contributed by atoms with E-state index < -0.39 is 0 Å². The second kappa shape index (κ2) is 7.63. The number of hydrogen-bond donors (Lipinski definition) is 2. The molecule has 120 valence electrons. The standard InChI is InChI=1S/C15H22N4O3/c1-11-5-3-6-12(17-11)9-16-14(20)18-13-7-4-8-19(10-13)15(21)22-2/h3,5-6,13H,4,7-10H2,1-2H3,(H2,16,18,20)/t13-/m1/s1. The molecule has 1 fully saturated rings. The molecule has 1 aromatic rings. The highest BCUT2D eigenvalue weighted by Gasteiger charge is 2.25. The van der Waals surface area contributed by atoms with Crippen LogP contribution in [-0.2, 0) is 11.3 Å². The van der Waals surface area contributed by atoms with Crippen molar-refractivity contribution in [2.24, 2.45) is 0 Å². The third-order valence-electron chi connectivity index (χ3n) is 3.57. The Hall–Kier alpha value is -2.31. The minimum absolute atomic E-state index is 0.0571. The Morgan fingerprint density at radius 1 is 1.45 bits per heavy atom. The summed E-state index contributed by atoms with van der Waals surface area (Å²) >= 11 is 0. The summed E-state index contributed by atoms with van der Waals surface area (Å²) in [5.41, 5.74) is 1.73. The van der Waals surface area contributed by atoms with Gasteiger partial charge in [0.05, 0.1) is 19.3 Å². The van der Waals surface area contributed by atoms with Crippen LogP contribution in [0.1, 0.15) is 24.2 Å². The lowest BCUT2D eigenvalue weighted by molar-refractivity contribution is 0.108. The molecule has 0 aromatic carbocycles. The normalized spacial score (nSPS) is 17.7. The molecule has 2 heterocycles. The van der Waals surface area contributed by atoms with Crippen molar-refractivity contribution in [1.29, 1.82) is 0 Å². The SMILES string of the molecule is COC(=O)N1CCC[C@@H](NC(=O)NCc2cccc(C)n2)C1. The van der Waals surface area contributed by atoms with Gasteiger partial charge < -0.3 is 20.3 Å². The van der Waals surface area contributed by atoms with Gasteiger partial charge >= 0.3 is 12.1 Å². The Morgan fingerprint density at radius 3 is 3.00 bits per heavy atom. The van der Waals surface area contributed by atoms with E-state index in [1.165, 1.54) is 7.11 Å². The van der Waals surface area contributed by atoms with Crippen LogP contribution in [0, 0.1) is 6.92 Å². The zero-order chi connectivity index (χ0) is 15.9. The summed E-state index contributed by atoms with van der Waals surface area (Å²) in [6.07, 6.45) is 1.35. The lowest BCUT2D eigenvalue weighted by atomic mass is 10.1. The van der Waals surface area contributed by atoms with Crippen molar-refractivity contribution in [2.45, 2.75) is 32.4 Å². The van der Waals surface area contributed by atoms with Crippen molar-refractivity contribution in [2.75, 3.05) is 20.2 Å². The molecule has 0 unspecified atom stereocenters. The van der Waals surface area contributed by atoms with Crippen LogP contribution in [0.25, 0.3) is 0 Å². The second-order valence-electron chi connectivity index (χ2n) is 5.35. The van der Waals surface area contributed by atoms with Gasteiger partial charge in [-0.25, -0.2) is 9.59 Å². The predicted octanol–water partition coefficient (Wildman–Crippen LogP) is 1.42. The quantitative estimate of drug-likeness (QED) is 0.884. The number of urea groups is 1. The number of carbonyl (C=O) groups is 2. The van der Waals surface area contributed by atoms with Crippen molar-refractivity contribution >= 4 is 12.1 Å². The van der Waals surface area contributed by atoms with E-state index in [1.54, 1.807) is 4.90 Å². The van der Waals surface area contributed by atoms with Gasteiger partial charge in [-0.2, -0.15) is 0 Å². The van der Waals surface area contributed by atoms with Crippen molar-refractivity contribution < 1.29 is 14.3 Å². The van der Waals surface area contributed by atoms with Crippen LogP contribution in [0.5, 0.6) is 0 Å². The minimum Gasteiger partial charge on any atom is -0.453 e. The van der Waals surface area contributed by atoms with Crippen LogP contribution in [0.4, 0.5) is 9.59 Å². The monoisotopic (exact) mass is 306 g/mol. The molecule has 1 atom stereocenters. The van der Waals surface area contributed by atoms with Crippen molar-refractivity contribution in [3.63, 3.8) is 0 Å². The average molecular weight is 306 g/mol. The zero-order valence-corrected chi connectivity index (χ0v) is 13.0. The molecule has 2 N–H and O–H groups in total. The van der Waals surface area contributed by atoms with Gasteiger partial charge in [0.2, 0.25) is 0 Å². The number of pyridine rings is 1. The van der Waals surface area contributed by atoms with Gasteiger partial charge in [-0.05, 0) is 31.9 Å². The van der Waals surface area contributed by atoms with E-state index in [2.05, 4.69) is 15.6 Å². The van der Waals surface area contributed by atoms with Gasteiger partial charge in [-0.3, -0.25) is 4.98 Å². The molecule has 7 heteroatoms. The summed E-state index contributed by atoms with van der Waals surface area (Å²) in [4.78, 5) is 29.4. The van der Waals surface area contributed by atoms with Crippen LogP contribution >= 0.6 is 0 Å². The van der Waals surface area contributed by atoms with Crippen LogP contribution in [0.3, 0.4) is 0 Å². The summed E-state index contributed by atoms with van der Waals surface area (Å²) < 4.78 is 4.71. The van der Waals surface area contributed by atoms with Gasteiger partial charge in [0.15, 0.2) is 0 Å². The highest BCUT2D eigenvalue weighted by Crippen LogP contribution is 2.11. The van der Waals surface area contributed by atoms with Crippen LogP contribution in [-0.4, -0.2) is 48.2 Å². The van der Waals surface area contributed by atoms with Crippen molar-refractivity contribution in [1.82, 2.24) is 20.5 Å². The molecule has 22 heavy (non-hydrogen) atoms. The molecular formula is C15H22N4O3. The molecule has 1 aliphatic heterocycles. The molecule has 0 bridgehead atoms. The van der Waals surface area contributed by atoms with Crippen LogP contribution in [0.2, 0.25) is 0 Å². The van der Waals surface area contributed by atoms with E-state index >= 15 is 0 Å². The minimum atomic E-state index is -0.351. The maximum Gasteiger partial charge on any atom is 0.409 e. The van der Waals surface area contributed by atoms with Crippen LogP contribution in [0.15, 0.2) is 18.2 Å². The zero-order valence-electron chi connectivity index (χ0n) is 13.0. The Bertz CT molecular complexity index is 535. The maximum absolute atomic E-state index is 11.9. The third kappa shape index (κ3) is 4.61. The Morgan fingerprint density at radius 2 is 2.27 bits per heavy atom. The first kappa shape index (κ1) is 16.1. The van der Waals surface area contributed by atoms with Gasteiger partial charge in [0.1, 0.15) is 0 Å². The van der Waals surface area contributed by atoms with Gasteiger partial charge in [0, 0.05) is 24.8 Å². The Balaban J connectivity index is 1.78. The number of amides is 3. The number of likely N-dealkylation sites (tertiary alicyclic amines) is 1. The summed E-state index contributed by atoms with van der Waals surface area (Å²) in [5, 5.41) is 5.67. The van der Waals surface area contributed by atoms with E-state index in [1.807, 2.05) is 25.1 Å². The number of piperidine rings is 1. The fraction of sp³-hybridized carbons (Fsp3) is 0.533. The molecule has 0 radical (unpaired) electrons. The summed E-state index contributed by atoms with van der Waals surface area (Å²) in [5.74, 6) is 0. The average Bonchev–Trinajstić information content (AvgIpc) is 2.52. The largest absolute Gasteiger partial charge is 0.453 e. The lowest BCUT2D eigenvalue weighted by Crippen LogP contribution is -2.51.